The molecule has 27 heteroatoms. The lowest BCUT2D eigenvalue weighted by atomic mass is 9.95. The quantitative estimate of drug-likeness (QED) is 0.0414. The molecule has 1 saturated carbocycles. The van der Waals surface area contributed by atoms with Gasteiger partial charge in [0.15, 0.2) is 34.5 Å². The molecule has 0 spiro atoms. The van der Waals surface area contributed by atoms with Gasteiger partial charge in [0.1, 0.15) is 49.4 Å². The number of amides is 3. The predicted molar refractivity (Wildman–Crippen MR) is 416 cm³/mol. The van der Waals surface area contributed by atoms with Gasteiger partial charge < -0.3 is 58.2 Å². The van der Waals surface area contributed by atoms with Gasteiger partial charge in [-0.2, -0.15) is 13.2 Å². The summed E-state index contributed by atoms with van der Waals surface area (Å²) in [6.45, 7) is 11.6. The molecule has 21 nitrogen and oxygen atoms in total. The van der Waals surface area contributed by atoms with Crippen molar-refractivity contribution in [1.82, 2.24) is 45.2 Å². The fourth-order valence-electron chi connectivity index (χ4n) is 13.1. The van der Waals surface area contributed by atoms with Gasteiger partial charge in [-0.25, -0.2) is 15.0 Å². The zero-order chi connectivity index (χ0) is 76.8. The molecule has 0 saturated heterocycles. The van der Waals surface area contributed by atoms with E-state index < -0.39 is 11.7 Å². The molecule has 1 aliphatic carbocycles. The first kappa shape index (κ1) is 79.3. The molecule has 1 fully saturated rings. The fraction of sp³-hybridized carbons (Fsp3) is 0.349. The molecule has 6 heterocycles. The van der Waals surface area contributed by atoms with Gasteiger partial charge in [0.25, 0.3) is 17.7 Å². The van der Waals surface area contributed by atoms with E-state index in [-0.39, 0.29) is 50.7 Å². The van der Waals surface area contributed by atoms with Crippen LogP contribution < -0.4 is 53.3 Å². The normalized spacial score (nSPS) is 13.3. The first-order valence-corrected chi connectivity index (χ1v) is 39.3. The minimum atomic E-state index is -4.42. The molecular weight excluding hydrogens is 1470 g/mol. The number of halogens is 3. The number of methoxy groups -OCH3 is 3. The van der Waals surface area contributed by atoms with E-state index in [1.54, 1.807) is 32.8 Å². The van der Waals surface area contributed by atoms with Crippen LogP contribution in [0.2, 0.25) is 0 Å². The van der Waals surface area contributed by atoms with Crippen LogP contribution in [0.25, 0.3) is 0 Å². The molecule has 7 aromatic carbocycles. The minimum Gasteiger partial charge on any atom is -0.497 e. The number of nitrogens with zero attached hydrogens (tertiary/aromatic N) is 7. The molecule has 0 atom stereocenters. The maximum atomic E-state index is 13.3. The molecule has 0 bridgehead atoms. The molecule has 0 radical (unpaired) electrons. The molecule has 578 valence electrons. The first-order valence-electron chi connectivity index (χ1n) is 36.6. The third-order valence-electron chi connectivity index (χ3n) is 18.7. The number of thiazole rings is 3. The number of nitrogens with one attached hydrogen (secondary N) is 2. The van der Waals surface area contributed by atoms with Gasteiger partial charge in [0, 0.05) is 92.7 Å². The third kappa shape index (κ3) is 22.5. The number of ether oxygens (including phenoxy) is 9. The smallest absolute Gasteiger partial charge is 0.416 e. The SMILES string of the molecule is CCCN(CC)C(=O)c1csc(CN(Cc2ccc3c(c2)OCO3)Cc2ccc(OC)cc2OC)n1.COc1ccc(CN(Cc2ccc3c(c2)OCO3)Cc2nc(C(=O)NC3CCCCC3)cs2)cc1.O=C(NCCc1ccccc1)c1csc(CN(Cc2cccc(C(F)(F)F)c2)Cc2ccc3c(c2)OCO3)n1. The van der Waals surface area contributed by atoms with Gasteiger partial charge in [0.05, 0.1) is 46.5 Å². The van der Waals surface area contributed by atoms with Gasteiger partial charge in [-0.3, -0.25) is 29.1 Å². The van der Waals surface area contributed by atoms with E-state index in [1.807, 2.05) is 137 Å². The number of carbonyl (C=O) groups is 3. The van der Waals surface area contributed by atoms with Gasteiger partial charge in [0.2, 0.25) is 20.4 Å². The van der Waals surface area contributed by atoms with E-state index >= 15 is 0 Å². The van der Waals surface area contributed by atoms with E-state index in [0.717, 1.165) is 116 Å². The summed E-state index contributed by atoms with van der Waals surface area (Å²) in [5, 5.41) is 14.0. The molecule has 0 unspecified atom stereocenters. The minimum absolute atomic E-state index is 0.0130. The zero-order valence-corrected chi connectivity index (χ0v) is 64.6. The number of hydrogen-bond acceptors (Lipinski definition) is 21. The molecule has 14 rings (SSSR count). The fourth-order valence-corrected chi connectivity index (χ4v) is 15.6. The summed E-state index contributed by atoms with van der Waals surface area (Å²) >= 11 is 4.40. The van der Waals surface area contributed by atoms with Crippen LogP contribution in [-0.4, -0.2) is 120 Å². The van der Waals surface area contributed by atoms with Gasteiger partial charge in [-0.1, -0.05) is 111 Å². The molecule has 3 aromatic heterocycles. The molecule has 4 aliphatic rings. The van der Waals surface area contributed by atoms with Crippen LogP contribution in [-0.2, 0) is 71.5 Å². The van der Waals surface area contributed by atoms with Crippen molar-refractivity contribution >= 4 is 51.7 Å². The number of benzene rings is 7. The lowest BCUT2D eigenvalue weighted by molar-refractivity contribution is -0.137. The Bertz CT molecular complexity index is 4670. The summed E-state index contributed by atoms with van der Waals surface area (Å²) in [6.07, 6.45) is 2.98. The second-order valence-electron chi connectivity index (χ2n) is 26.8. The van der Waals surface area contributed by atoms with Gasteiger partial charge >= 0.3 is 6.18 Å². The Labute approximate surface area is 650 Å². The van der Waals surface area contributed by atoms with Crippen molar-refractivity contribution in [2.75, 3.05) is 61.3 Å². The maximum absolute atomic E-state index is 13.3. The number of hydrogen-bond donors (Lipinski definition) is 2. The highest BCUT2D eigenvalue weighted by Gasteiger charge is 2.31. The molecule has 3 amide bonds. The second kappa shape index (κ2) is 38.9. The predicted octanol–water partition coefficient (Wildman–Crippen LogP) is 16.2. The van der Waals surface area contributed by atoms with Crippen molar-refractivity contribution in [1.29, 1.82) is 0 Å². The average Bonchev–Trinajstić information content (AvgIpc) is 1.67. The Morgan fingerprint density at radius 1 is 0.482 bits per heavy atom. The maximum Gasteiger partial charge on any atom is 0.416 e. The topological polar surface area (TPSA) is 210 Å². The Morgan fingerprint density at radius 3 is 1.47 bits per heavy atom. The molecule has 10 aromatic rings. The lowest BCUT2D eigenvalue weighted by Gasteiger charge is -2.23. The van der Waals surface area contributed by atoms with Gasteiger partial charge in [-0.05, 0) is 127 Å². The second-order valence-corrected chi connectivity index (χ2v) is 29.6. The summed E-state index contributed by atoms with van der Waals surface area (Å²) in [7, 11) is 4.97. The molecule has 2 N–H and O–H groups in total. The van der Waals surface area contributed by atoms with Crippen molar-refractivity contribution in [2.24, 2.45) is 0 Å². The monoisotopic (exact) mass is 1560 g/mol. The third-order valence-corrected chi connectivity index (χ3v) is 21.2. The highest BCUT2D eigenvalue weighted by atomic mass is 32.1. The van der Waals surface area contributed by atoms with Crippen molar-refractivity contribution < 1.29 is 70.2 Å². The van der Waals surface area contributed by atoms with Crippen LogP contribution >= 0.6 is 34.0 Å². The summed E-state index contributed by atoms with van der Waals surface area (Å²) in [5.74, 6) is 6.39. The van der Waals surface area contributed by atoms with Crippen LogP contribution in [0.1, 0.15) is 143 Å². The number of alkyl halides is 3. The van der Waals surface area contributed by atoms with E-state index in [9.17, 15) is 27.6 Å². The zero-order valence-electron chi connectivity index (χ0n) is 62.2. The van der Waals surface area contributed by atoms with E-state index in [1.165, 1.54) is 71.0 Å². The highest BCUT2D eigenvalue weighted by Crippen LogP contribution is 2.38. The van der Waals surface area contributed by atoms with Crippen LogP contribution in [0.4, 0.5) is 13.2 Å². The summed E-state index contributed by atoms with van der Waals surface area (Å²) in [4.78, 5) is 60.6. The molecular formula is C83H90F3N9O12S3. The van der Waals surface area contributed by atoms with Crippen molar-refractivity contribution in [3.8, 4) is 51.7 Å². The first-order chi connectivity index (χ1) is 53.5. The van der Waals surface area contributed by atoms with Crippen LogP contribution in [0.15, 0.2) is 168 Å². The summed E-state index contributed by atoms with van der Waals surface area (Å²) < 4.78 is 89.1. The Balaban J connectivity index is 0.000000154. The van der Waals surface area contributed by atoms with E-state index in [2.05, 4.69) is 55.5 Å². The van der Waals surface area contributed by atoms with Crippen LogP contribution in [0, 0.1) is 0 Å². The van der Waals surface area contributed by atoms with Crippen molar-refractivity contribution in [2.45, 2.75) is 130 Å². The standard InChI is InChI=1S/C29H26F3N3O3S.C27H33N3O5S.C27H31N3O4S/c30-29(31,32)23-8-4-7-21(13-23)15-35(16-22-9-10-25-26(14-22)38-19-37-25)17-27-34-24(18-39-27)28(36)33-12-11-20-5-2-1-3-6-20;1-5-11-30(6-2)27(31)22-17-36-26(28-22)16-29(14-19-7-10-23-25(12-19)35-18-34-23)15-20-8-9-21(32-3)13-24(20)33-4;1-32-22-10-7-19(8-11-22)14-30(15-20-9-12-24-25(13-20)34-18-33-24)16-26-29-23(17-35-26)27(31)28-21-5-3-2-4-6-21/h1-10,13-14,18H,11-12,15-17,19H2,(H,33,36);7-10,12-13,17H,5-6,11,14-16,18H2,1-4H3;7-13,17,21H,2-6,14-16,18H2,1H3,(H,28,31). The number of rotatable bonds is 31. The van der Waals surface area contributed by atoms with Crippen LogP contribution in [0.5, 0.6) is 51.7 Å². The summed E-state index contributed by atoms with van der Waals surface area (Å²) in [6, 6.07) is 47.1. The molecule has 110 heavy (non-hydrogen) atoms. The lowest BCUT2D eigenvalue weighted by Crippen LogP contribution is -2.36. The number of carbonyl (C=O) groups excluding carboxylic acids is 3. The Kier molecular flexibility index (Phi) is 28.0. The molecule has 3 aliphatic heterocycles. The highest BCUT2D eigenvalue weighted by molar-refractivity contribution is 7.10. The van der Waals surface area contributed by atoms with Crippen LogP contribution in [0.3, 0.4) is 0 Å². The Morgan fingerprint density at radius 2 is 0.955 bits per heavy atom. The van der Waals surface area contributed by atoms with Gasteiger partial charge in [-0.15, -0.1) is 34.0 Å². The largest absolute Gasteiger partial charge is 0.497 e. The number of fused-ring (bicyclic) bond motifs is 3. The number of aromatic nitrogens is 3. The summed E-state index contributed by atoms with van der Waals surface area (Å²) in [5.41, 5.74) is 7.68. The van der Waals surface area contributed by atoms with E-state index in [4.69, 9.17) is 47.6 Å². The van der Waals surface area contributed by atoms with Crippen molar-refractivity contribution in [3.05, 3.63) is 244 Å². The average molecular weight is 1560 g/mol. The van der Waals surface area contributed by atoms with Crippen molar-refractivity contribution in [3.63, 3.8) is 0 Å². The van der Waals surface area contributed by atoms with E-state index in [0.29, 0.717) is 104 Å². The Hall–Kier alpha value is -10.3.